The van der Waals surface area contributed by atoms with Crippen LogP contribution < -0.4 is 5.32 Å². The van der Waals surface area contributed by atoms with Crippen molar-refractivity contribution in [3.63, 3.8) is 0 Å². The minimum atomic E-state index is 0.523. The molecule has 1 fully saturated rings. The minimum absolute atomic E-state index is 0.523. The van der Waals surface area contributed by atoms with Gasteiger partial charge in [0.1, 0.15) is 0 Å². The summed E-state index contributed by atoms with van der Waals surface area (Å²) in [5, 5.41) is 4.73. The van der Waals surface area contributed by atoms with Gasteiger partial charge in [-0.1, -0.05) is 56.3 Å². The van der Waals surface area contributed by atoms with Crippen LogP contribution in [0.2, 0.25) is 0 Å². The summed E-state index contributed by atoms with van der Waals surface area (Å²) in [6, 6.07) is 0.523. The lowest BCUT2D eigenvalue weighted by Gasteiger charge is -2.26. The molecule has 1 aromatic heterocycles. The third-order valence-electron chi connectivity index (χ3n) is 6.01. The molecule has 1 aliphatic heterocycles. The zero-order valence-corrected chi connectivity index (χ0v) is 20.6. The van der Waals surface area contributed by atoms with E-state index in [0.717, 1.165) is 27.3 Å². The van der Waals surface area contributed by atoms with Crippen LogP contribution in [-0.2, 0) is 0 Å². The summed E-state index contributed by atoms with van der Waals surface area (Å²) < 4.78 is 0. The maximum atomic E-state index is 4.83. The van der Waals surface area contributed by atoms with Crippen LogP contribution in [0.25, 0.3) is 12.2 Å². The average molecular weight is 436 g/mol. The van der Waals surface area contributed by atoms with Gasteiger partial charge in [0.25, 0.3) is 0 Å². The third-order valence-corrected chi connectivity index (χ3v) is 6.96. The van der Waals surface area contributed by atoms with E-state index in [9.17, 15) is 0 Å². The van der Waals surface area contributed by atoms with Gasteiger partial charge in [0.05, 0.1) is 10.6 Å². The lowest BCUT2D eigenvalue weighted by molar-refractivity contribution is 0.483. The SMILES string of the molecule is C=Cc1nc(NC2CCCCC(C)C2)sc1/C=C(\C)C1=CN(C=C(C)C)C(=C)C(C)=C1. The molecule has 166 valence electrons. The normalized spacial score (nSPS) is 22.4. The van der Waals surface area contributed by atoms with Gasteiger partial charge in [0.2, 0.25) is 0 Å². The van der Waals surface area contributed by atoms with Crippen LogP contribution in [0.1, 0.15) is 77.3 Å². The maximum absolute atomic E-state index is 4.83. The molecule has 2 heterocycles. The summed E-state index contributed by atoms with van der Waals surface area (Å²) in [7, 11) is 0. The molecule has 0 spiro atoms. The van der Waals surface area contributed by atoms with Gasteiger partial charge in [-0.05, 0) is 81.4 Å². The van der Waals surface area contributed by atoms with Gasteiger partial charge in [-0.2, -0.15) is 0 Å². The highest BCUT2D eigenvalue weighted by Gasteiger charge is 2.19. The Morgan fingerprint density at radius 2 is 2.00 bits per heavy atom. The number of nitrogens with one attached hydrogen (secondary N) is 1. The van der Waals surface area contributed by atoms with Gasteiger partial charge < -0.3 is 10.2 Å². The second-order valence-corrected chi connectivity index (χ2v) is 10.3. The average Bonchev–Trinajstić information content (AvgIpc) is 2.96. The largest absolute Gasteiger partial charge is 0.359 e. The fraction of sp³-hybridized carbons (Fsp3) is 0.444. The molecule has 0 aromatic carbocycles. The Morgan fingerprint density at radius 3 is 2.71 bits per heavy atom. The number of hydrogen-bond donors (Lipinski definition) is 1. The first-order chi connectivity index (χ1) is 14.8. The van der Waals surface area contributed by atoms with Crippen molar-refractivity contribution in [2.45, 2.75) is 72.8 Å². The van der Waals surface area contributed by atoms with Crippen molar-refractivity contribution in [2.75, 3.05) is 5.32 Å². The smallest absolute Gasteiger partial charge is 0.184 e. The molecule has 0 radical (unpaired) electrons. The van der Waals surface area contributed by atoms with Gasteiger partial charge >= 0.3 is 0 Å². The number of hydrogen-bond acceptors (Lipinski definition) is 4. The Kier molecular flexibility index (Phi) is 7.77. The summed E-state index contributed by atoms with van der Waals surface area (Å²) in [5.41, 5.74) is 6.80. The Bertz CT molecular complexity index is 953. The second-order valence-electron chi connectivity index (χ2n) is 9.24. The van der Waals surface area contributed by atoms with Gasteiger partial charge in [-0.3, -0.25) is 0 Å². The molecule has 2 unspecified atom stereocenters. The molecule has 2 atom stereocenters. The Hall–Kier alpha value is -2.33. The molecular formula is C27H37N3S. The second kappa shape index (κ2) is 10.3. The van der Waals surface area contributed by atoms with E-state index in [1.807, 2.05) is 6.08 Å². The van der Waals surface area contributed by atoms with Crippen molar-refractivity contribution in [2.24, 2.45) is 5.92 Å². The molecule has 0 saturated heterocycles. The van der Waals surface area contributed by atoms with Crippen LogP contribution in [0.3, 0.4) is 0 Å². The highest BCUT2D eigenvalue weighted by molar-refractivity contribution is 7.16. The molecule has 1 aromatic rings. The first kappa shape index (κ1) is 23.3. The molecule has 1 N–H and O–H groups in total. The number of rotatable bonds is 6. The van der Waals surface area contributed by atoms with Crippen LogP contribution in [0.4, 0.5) is 5.13 Å². The summed E-state index contributed by atoms with van der Waals surface area (Å²) in [4.78, 5) is 8.11. The standard InChI is InChI=1S/C27H37N3S/c1-8-25-26(31-27(29-25)28-24-12-10-9-11-19(4)13-24)15-21(6)23-14-20(5)22(7)30(17-23)16-18(2)3/h8,14-17,19,24H,1,7,9-13H2,2-6H3,(H,28,29)/b21-15+. The molecule has 1 saturated carbocycles. The zero-order chi connectivity index (χ0) is 22.5. The third kappa shape index (κ3) is 6.10. The van der Waals surface area contributed by atoms with E-state index >= 15 is 0 Å². The predicted molar refractivity (Wildman–Crippen MR) is 138 cm³/mol. The van der Waals surface area contributed by atoms with Crippen LogP contribution >= 0.6 is 11.3 Å². The molecule has 1 aliphatic carbocycles. The van der Waals surface area contributed by atoms with Crippen LogP contribution in [0.5, 0.6) is 0 Å². The highest BCUT2D eigenvalue weighted by atomic mass is 32.1. The van der Waals surface area contributed by atoms with Crippen LogP contribution in [0, 0.1) is 5.92 Å². The molecule has 0 bridgehead atoms. The molecule has 3 rings (SSSR count). The van der Waals surface area contributed by atoms with Crippen LogP contribution in [0.15, 0.2) is 59.6 Å². The van der Waals surface area contributed by atoms with E-state index in [1.54, 1.807) is 11.3 Å². The van der Waals surface area contributed by atoms with Crippen molar-refractivity contribution >= 4 is 28.6 Å². The summed E-state index contributed by atoms with van der Waals surface area (Å²) >= 11 is 1.73. The number of thiazole rings is 1. The molecule has 3 nitrogen and oxygen atoms in total. The van der Waals surface area contributed by atoms with E-state index in [4.69, 9.17) is 4.98 Å². The number of allylic oxidation sites excluding steroid dienone is 5. The van der Waals surface area contributed by atoms with Crippen molar-refractivity contribution in [3.8, 4) is 0 Å². The van der Waals surface area contributed by atoms with E-state index in [1.165, 1.54) is 54.4 Å². The van der Waals surface area contributed by atoms with Crippen LogP contribution in [-0.4, -0.2) is 15.9 Å². The van der Waals surface area contributed by atoms with E-state index < -0.39 is 0 Å². The summed E-state index contributed by atoms with van der Waals surface area (Å²) in [6.07, 6.45) is 17.1. The van der Waals surface area contributed by atoms with Gasteiger partial charge in [-0.15, -0.1) is 0 Å². The first-order valence-electron chi connectivity index (χ1n) is 11.4. The maximum Gasteiger partial charge on any atom is 0.184 e. The van der Waals surface area contributed by atoms with E-state index in [2.05, 4.69) is 82.5 Å². The van der Waals surface area contributed by atoms with Crippen molar-refractivity contribution in [3.05, 3.63) is 70.2 Å². The Balaban J connectivity index is 1.84. The zero-order valence-electron chi connectivity index (χ0n) is 19.8. The fourth-order valence-corrected chi connectivity index (χ4v) is 5.29. The van der Waals surface area contributed by atoms with Crippen molar-refractivity contribution in [1.82, 2.24) is 9.88 Å². The Morgan fingerprint density at radius 1 is 1.26 bits per heavy atom. The fourth-order valence-electron chi connectivity index (χ4n) is 4.24. The van der Waals surface area contributed by atoms with E-state index in [0.29, 0.717) is 6.04 Å². The first-order valence-corrected chi connectivity index (χ1v) is 12.2. The number of nitrogens with zero attached hydrogens (tertiary/aromatic N) is 2. The van der Waals surface area contributed by atoms with Gasteiger partial charge in [-0.25, -0.2) is 4.98 Å². The summed E-state index contributed by atoms with van der Waals surface area (Å²) in [5.74, 6) is 0.784. The molecule has 0 amide bonds. The predicted octanol–water partition coefficient (Wildman–Crippen LogP) is 8.15. The number of aromatic nitrogens is 1. The lowest BCUT2D eigenvalue weighted by Crippen LogP contribution is -2.20. The lowest BCUT2D eigenvalue weighted by atomic mass is 10.00. The molecule has 31 heavy (non-hydrogen) atoms. The monoisotopic (exact) mass is 435 g/mol. The Labute approximate surface area is 192 Å². The van der Waals surface area contributed by atoms with E-state index in [-0.39, 0.29) is 0 Å². The molecule has 2 aliphatic rings. The number of anilines is 1. The van der Waals surface area contributed by atoms with Gasteiger partial charge in [0, 0.05) is 24.1 Å². The minimum Gasteiger partial charge on any atom is -0.359 e. The summed E-state index contributed by atoms with van der Waals surface area (Å²) in [6.45, 7) is 19.1. The van der Waals surface area contributed by atoms with Crippen molar-refractivity contribution < 1.29 is 0 Å². The van der Waals surface area contributed by atoms with Crippen molar-refractivity contribution in [1.29, 1.82) is 0 Å². The van der Waals surface area contributed by atoms with Gasteiger partial charge in [0.15, 0.2) is 5.13 Å². The highest BCUT2D eigenvalue weighted by Crippen LogP contribution is 2.33. The molecular weight excluding hydrogens is 398 g/mol. The molecule has 4 heteroatoms. The topological polar surface area (TPSA) is 28.2 Å². The quantitative estimate of drug-likeness (QED) is 0.457.